The second-order valence-corrected chi connectivity index (χ2v) is 9.51. The number of nitrogens with two attached hydrogens (primary N) is 1. The Bertz CT molecular complexity index is 1210. The third-order valence-electron chi connectivity index (χ3n) is 5.70. The smallest absolute Gasteiger partial charge is 0.248 e. The molecular weight excluding hydrogens is 462 g/mol. The Morgan fingerprint density at radius 3 is 2.88 bits per heavy atom. The van der Waals surface area contributed by atoms with Crippen molar-refractivity contribution >= 4 is 57.5 Å². The van der Waals surface area contributed by atoms with E-state index in [1.165, 1.54) is 30.8 Å². The molecule has 0 saturated carbocycles. The normalized spacial score (nSPS) is 17.8. The van der Waals surface area contributed by atoms with E-state index in [2.05, 4.69) is 9.97 Å². The van der Waals surface area contributed by atoms with E-state index < -0.39 is 12.1 Å². The summed E-state index contributed by atoms with van der Waals surface area (Å²) >= 11 is 7.34. The van der Waals surface area contributed by atoms with Crippen LogP contribution < -0.4 is 5.73 Å². The number of nitrogens with zero attached hydrogens (tertiary/aromatic N) is 4. The average molecular weight is 486 g/mol. The van der Waals surface area contributed by atoms with E-state index in [0.717, 1.165) is 21.3 Å². The molecule has 0 bridgehead atoms. The van der Waals surface area contributed by atoms with Crippen LogP contribution in [0.5, 0.6) is 0 Å². The number of carbonyl (C=O) groups is 2. The second-order valence-electron chi connectivity index (χ2n) is 7.76. The van der Waals surface area contributed by atoms with Gasteiger partial charge in [0.25, 0.3) is 0 Å². The molecule has 0 aliphatic carbocycles. The maximum atomic E-state index is 13.4. The van der Waals surface area contributed by atoms with Crippen LogP contribution in [-0.2, 0) is 20.9 Å². The van der Waals surface area contributed by atoms with Crippen LogP contribution in [0.25, 0.3) is 17.0 Å². The number of piperazine rings is 1. The Morgan fingerprint density at radius 1 is 1.33 bits per heavy atom. The first-order chi connectivity index (χ1) is 15.9. The van der Waals surface area contributed by atoms with Crippen LogP contribution in [-0.4, -0.2) is 63.9 Å². The minimum Gasteiger partial charge on any atom is -0.383 e. The highest BCUT2D eigenvalue weighted by Gasteiger charge is 2.40. The Labute approximate surface area is 200 Å². The molecule has 172 valence electrons. The monoisotopic (exact) mass is 485 g/mol. The lowest BCUT2D eigenvalue weighted by molar-refractivity contribution is -0.155. The van der Waals surface area contributed by atoms with Crippen LogP contribution in [0.4, 0.5) is 5.82 Å². The fraction of sp³-hybridized carbons (Fsp3) is 0.304. The molecule has 1 fully saturated rings. The lowest BCUT2D eigenvalue weighted by atomic mass is 10.0. The van der Waals surface area contributed by atoms with E-state index in [-0.39, 0.29) is 11.8 Å². The van der Waals surface area contributed by atoms with E-state index in [0.29, 0.717) is 29.8 Å². The van der Waals surface area contributed by atoms with Crippen molar-refractivity contribution in [2.45, 2.75) is 25.6 Å². The van der Waals surface area contributed by atoms with Crippen molar-refractivity contribution in [3.63, 3.8) is 0 Å². The summed E-state index contributed by atoms with van der Waals surface area (Å²) < 4.78 is 6.12. The molecule has 3 heterocycles. The number of ether oxygens (including phenoxy) is 1. The van der Waals surface area contributed by atoms with E-state index in [1.807, 2.05) is 24.3 Å². The van der Waals surface area contributed by atoms with Gasteiger partial charge in [-0.25, -0.2) is 9.97 Å². The average Bonchev–Trinajstić information content (AvgIpc) is 3.23. The van der Waals surface area contributed by atoms with Gasteiger partial charge in [-0.1, -0.05) is 17.7 Å². The van der Waals surface area contributed by atoms with Crippen LogP contribution >= 0.6 is 22.9 Å². The Hall–Kier alpha value is -3.01. The summed E-state index contributed by atoms with van der Waals surface area (Å²) in [7, 11) is 1.54. The molecule has 2 atom stereocenters. The maximum Gasteiger partial charge on any atom is 0.248 e. The molecule has 33 heavy (non-hydrogen) atoms. The zero-order valence-corrected chi connectivity index (χ0v) is 19.8. The highest BCUT2D eigenvalue weighted by molar-refractivity contribution is 7.17. The number of anilines is 1. The van der Waals surface area contributed by atoms with Crippen LogP contribution in [0.3, 0.4) is 0 Å². The quantitative estimate of drug-likeness (QED) is 0.538. The van der Waals surface area contributed by atoms with Gasteiger partial charge in [-0.15, -0.1) is 11.3 Å². The van der Waals surface area contributed by atoms with Crippen molar-refractivity contribution in [3.05, 3.63) is 57.5 Å². The largest absolute Gasteiger partial charge is 0.383 e. The fourth-order valence-electron chi connectivity index (χ4n) is 3.89. The van der Waals surface area contributed by atoms with Crippen molar-refractivity contribution in [3.8, 4) is 0 Å². The van der Waals surface area contributed by atoms with Gasteiger partial charge >= 0.3 is 0 Å². The molecule has 1 aliphatic heterocycles. The number of hydrogen-bond acceptors (Lipinski definition) is 7. The lowest BCUT2D eigenvalue weighted by Gasteiger charge is -2.42. The van der Waals surface area contributed by atoms with E-state index in [1.54, 1.807) is 28.9 Å². The topological polar surface area (TPSA) is 102 Å². The number of fused-ring (bicyclic) bond motifs is 1. The van der Waals surface area contributed by atoms with Gasteiger partial charge in [-0.2, -0.15) is 0 Å². The number of aromatic nitrogens is 2. The molecule has 1 unspecified atom stereocenters. The number of benzene rings is 1. The number of nitrogen functional groups attached to an aromatic ring is 1. The molecule has 8 nitrogen and oxygen atoms in total. The molecule has 0 radical (unpaired) electrons. The molecule has 0 spiro atoms. The first kappa shape index (κ1) is 23.2. The number of methoxy groups -OCH3 is 1. The van der Waals surface area contributed by atoms with Gasteiger partial charge in [-0.3, -0.25) is 9.59 Å². The van der Waals surface area contributed by atoms with Gasteiger partial charge in [0, 0.05) is 43.1 Å². The van der Waals surface area contributed by atoms with Crippen molar-refractivity contribution in [1.82, 2.24) is 19.8 Å². The molecule has 3 aromatic rings. The molecule has 10 heteroatoms. The summed E-state index contributed by atoms with van der Waals surface area (Å²) in [6.07, 6.45) is 4.16. The number of amides is 2. The molecule has 4 rings (SSSR count). The highest BCUT2D eigenvalue weighted by atomic mass is 35.5. The third kappa shape index (κ3) is 5.00. The fourth-order valence-corrected chi connectivity index (χ4v) is 4.86. The third-order valence-corrected chi connectivity index (χ3v) is 6.90. The van der Waals surface area contributed by atoms with Crippen LogP contribution in [0.1, 0.15) is 17.4 Å². The standard InChI is InChI=1S/C23H24ClN5O3S/c1-14(32-2)21-23(31)28(12-15-3-6-17-18(11-15)26-13-27-22(17)25)9-10-29(21)20(30)8-5-16-4-7-19(24)33-16/h3-8,11,13-14,21H,9-10,12H2,1-2H3,(H2,25,26,27)/b8-5+/t14-,21?/m1/s1. The highest BCUT2D eigenvalue weighted by Crippen LogP contribution is 2.24. The van der Waals surface area contributed by atoms with Crippen molar-refractivity contribution < 1.29 is 14.3 Å². The number of halogens is 1. The lowest BCUT2D eigenvalue weighted by Crippen LogP contribution is -2.62. The van der Waals surface area contributed by atoms with Crippen LogP contribution in [0.2, 0.25) is 4.34 Å². The van der Waals surface area contributed by atoms with Gasteiger partial charge < -0.3 is 20.3 Å². The predicted octanol–water partition coefficient (Wildman–Crippen LogP) is 3.21. The van der Waals surface area contributed by atoms with E-state index in [9.17, 15) is 9.59 Å². The summed E-state index contributed by atoms with van der Waals surface area (Å²) in [6.45, 7) is 3.02. The summed E-state index contributed by atoms with van der Waals surface area (Å²) in [5.41, 5.74) is 7.55. The zero-order chi connectivity index (χ0) is 23.5. The first-order valence-corrected chi connectivity index (χ1v) is 11.6. The second kappa shape index (κ2) is 9.86. The number of thiophene rings is 1. The summed E-state index contributed by atoms with van der Waals surface area (Å²) in [5, 5.41) is 0.771. The summed E-state index contributed by atoms with van der Waals surface area (Å²) in [6, 6.07) is 8.59. The SMILES string of the molecule is CO[C@H](C)C1C(=O)N(Cc2ccc3c(N)ncnc3c2)CCN1C(=O)/C=C/c1ccc(Cl)s1. The summed E-state index contributed by atoms with van der Waals surface area (Å²) in [4.78, 5) is 38.8. The van der Waals surface area contributed by atoms with Gasteiger partial charge in [0.2, 0.25) is 11.8 Å². The van der Waals surface area contributed by atoms with Crippen LogP contribution in [0, 0.1) is 0 Å². The number of rotatable bonds is 6. The number of hydrogen-bond donors (Lipinski definition) is 1. The van der Waals surface area contributed by atoms with Crippen molar-refractivity contribution in [2.75, 3.05) is 25.9 Å². The predicted molar refractivity (Wildman–Crippen MR) is 130 cm³/mol. The molecule has 2 N–H and O–H groups in total. The zero-order valence-electron chi connectivity index (χ0n) is 18.3. The minimum absolute atomic E-state index is 0.154. The molecule has 2 amide bonds. The Morgan fingerprint density at radius 2 is 2.15 bits per heavy atom. The minimum atomic E-state index is -0.716. The van der Waals surface area contributed by atoms with Gasteiger partial charge in [0.05, 0.1) is 16.0 Å². The van der Waals surface area contributed by atoms with Crippen molar-refractivity contribution in [1.29, 1.82) is 0 Å². The number of carbonyl (C=O) groups excluding carboxylic acids is 2. The molecule has 1 saturated heterocycles. The van der Waals surface area contributed by atoms with Gasteiger partial charge in [0.15, 0.2) is 0 Å². The molecule has 2 aromatic heterocycles. The van der Waals surface area contributed by atoms with Crippen LogP contribution in [0.15, 0.2) is 42.7 Å². The first-order valence-electron chi connectivity index (χ1n) is 10.4. The molecule has 1 aliphatic rings. The molecular formula is C23H24ClN5O3S. The van der Waals surface area contributed by atoms with Gasteiger partial charge in [0.1, 0.15) is 18.2 Å². The van der Waals surface area contributed by atoms with Crippen molar-refractivity contribution in [2.24, 2.45) is 0 Å². The van der Waals surface area contributed by atoms with E-state index in [4.69, 9.17) is 22.1 Å². The van der Waals surface area contributed by atoms with Gasteiger partial charge in [-0.05, 0) is 42.8 Å². The van der Waals surface area contributed by atoms with E-state index >= 15 is 0 Å². The molecule has 1 aromatic carbocycles. The Balaban J connectivity index is 1.52. The summed E-state index contributed by atoms with van der Waals surface area (Å²) in [5.74, 6) is 0.0275. The Kier molecular flexibility index (Phi) is 6.92. The maximum absolute atomic E-state index is 13.4.